The zero-order chi connectivity index (χ0) is 18.0. The third-order valence-electron chi connectivity index (χ3n) is 3.99. The van der Waals surface area contributed by atoms with Crippen LogP contribution >= 0.6 is 12.4 Å². The lowest BCUT2D eigenvalue weighted by molar-refractivity contribution is 0.0596. The largest absolute Gasteiger partial charge is 0.464 e. The minimum absolute atomic E-state index is 0. The highest BCUT2D eigenvalue weighted by Gasteiger charge is 2.17. The number of carbonyl (C=O) groups is 2. The van der Waals surface area contributed by atoms with Gasteiger partial charge in [-0.15, -0.1) is 12.4 Å². The molecule has 136 valence electrons. The second-order valence-electron chi connectivity index (χ2n) is 5.79. The van der Waals surface area contributed by atoms with Crippen LogP contribution in [0.5, 0.6) is 0 Å². The lowest BCUT2D eigenvalue weighted by atomic mass is 10.0. The Morgan fingerprint density at radius 3 is 2.50 bits per heavy atom. The molecule has 0 aliphatic heterocycles. The Kier molecular flexibility index (Phi) is 6.02. The summed E-state index contributed by atoms with van der Waals surface area (Å²) in [6.45, 7) is 2.27. The molecule has 3 aromatic rings. The number of halogens is 1. The number of aromatic nitrogens is 1. The monoisotopic (exact) mass is 373 g/mol. The SMILES string of the molecule is COC(=O)c1[nH]c(C)cc1NC(=O)c1ccc2cc(CN)ccc2c1.Cl. The highest BCUT2D eigenvalue weighted by atomic mass is 35.5. The zero-order valence-electron chi connectivity index (χ0n) is 14.5. The summed E-state index contributed by atoms with van der Waals surface area (Å²) in [4.78, 5) is 27.2. The third kappa shape index (κ3) is 3.87. The van der Waals surface area contributed by atoms with Gasteiger partial charge in [0.15, 0.2) is 0 Å². The van der Waals surface area contributed by atoms with Crippen molar-refractivity contribution in [3.63, 3.8) is 0 Å². The normalized spacial score (nSPS) is 10.3. The summed E-state index contributed by atoms with van der Waals surface area (Å²) in [6, 6.07) is 13.0. The van der Waals surface area contributed by atoms with Crippen molar-refractivity contribution in [3.8, 4) is 0 Å². The number of esters is 1. The molecule has 0 saturated carbocycles. The number of ether oxygens (including phenoxy) is 1. The molecular formula is C19H20ClN3O3. The van der Waals surface area contributed by atoms with Crippen LogP contribution in [0.15, 0.2) is 42.5 Å². The molecule has 0 saturated heterocycles. The molecule has 0 unspecified atom stereocenters. The third-order valence-corrected chi connectivity index (χ3v) is 3.99. The minimum Gasteiger partial charge on any atom is -0.464 e. The molecule has 0 radical (unpaired) electrons. The van der Waals surface area contributed by atoms with E-state index >= 15 is 0 Å². The van der Waals surface area contributed by atoms with Crippen molar-refractivity contribution < 1.29 is 14.3 Å². The van der Waals surface area contributed by atoms with E-state index in [9.17, 15) is 9.59 Å². The van der Waals surface area contributed by atoms with Crippen LogP contribution in [0.2, 0.25) is 0 Å². The van der Waals surface area contributed by atoms with E-state index in [4.69, 9.17) is 10.5 Å². The Morgan fingerprint density at radius 2 is 1.81 bits per heavy atom. The van der Waals surface area contributed by atoms with Crippen LogP contribution < -0.4 is 11.1 Å². The average molecular weight is 374 g/mol. The van der Waals surface area contributed by atoms with Crippen molar-refractivity contribution in [2.45, 2.75) is 13.5 Å². The number of amides is 1. The molecule has 4 N–H and O–H groups in total. The highest BCUT2D eigenvalue weighted by Crippen LogP contribution is 2.21. The molecule has 0 aliphatic rings. The van der Waals surface area contributed by atoms with Crippen LogP contribution in [-0.2, 0) is 11.3 Å². The van der Waals surface area contributed by atoms with E-state index in [0.717, 1.165) is 22.0 Å². The molecule has 2 aromatic carbocycles. The van der Waals surface area contributed by atoms with E-state index in [0.29, 0.717) is 17.8 Å². The van der Waals surface area contributed by atoms with Crippen molar-refractivity contribution >= 4 is 40.7 Å². The summed E-state index contributed by atoms with van der Waals surface area (Å²) in [5.41, 5.74) is 8.57. The van der Waals surface area contributed by atoms with Gasteiger partial charge in [0, 0.05) is 17.8 Å². The summed E-state index contributed by atoms with van der Waals surface area (Å²) < 4.78 is 4.73. The Morgan fingerprint density at radius 1 is 1.12 bits per heavy atom. The summed E-state index contributed by atoms with van der Waals surface area (Å²) >= 11 is 0. The number of benzene rings is 2. The number of nitrogens with one attached hydrogen (secondary N) is 2. The van der Waals surface area contributed by atoms with Gasteiger partial charge >= 0.3 is 5.97 Å². The Labute approximate surface area is 157 Å². The van der Waals surface area contributed by atoms with Gasteiger partial charge in [-0.05, 0) is 47.5 Å². The summed E-state index contributed by atoms with van der Waals surface area (Å²) in [7, 11) is 1.29. The van der Waals surface area contributed by atoms with E-state index in [-0.39, 0.29) is 24.0 Å². The number of fused-ring (bicyclic) bond motifs is 1. The van der Waals surface area contributed by atoms with Gasteiger partial charge in [-0.25, -0.2) is 4.79 Å². The van der Waals surface area contributed by atoms with Gasteiger partial charge in [0.05, 0.1) is 12.8 Å². The van der Waals surface area contributed by atoms with Gasteiger partial charge in [0.1, 0.15) is 5.69 Å². The highest BCUT2D eigenvalue weighted by molar-refractivity contribution is 6.09. The Balaban J connectivity index is 0.00000243. The van der Waals surface area contributed by atoms with Gasteiger partial charge in [0.2, 0.25) is 0 Å². The van der Waals surface area contributed by atoms with Crippen LogP contribution in [0.4, 0.5) is 5.69 Å². The van der Waals surface area contributed by atoms with Crippen LogP contribution in [0.1, 0.15) is 32.1 Å². The maximum Gasteiger partial charge on any atom is 0.356 e. The second kappa shape index (κ2) is 8.03. The smallest absolute Gasteiger partial charge is 0.356 e. The van der Waals surface area contributed by atoms with Crippen molar-refractivity contribution in [1.29, 1.82) is 0 Å². The predicted octanol–water partition coefficient (Wildman–Crippen LogP) is 3.40. The number of aromatic amines is 1. The first-order chi connectivity index (χ1) is 12.0. The molecule has 0 fully saturated rings. The number of anilines is 1. The molecule has 0 spiro atoms. The first-order valence-electron chi connectivity index (χ1n) is 7.84. The van der Waals surface area contributed by atoms with E-state index in [2.05, 4.69) is 10.3 Å². The second-order valence-corrected chi connectivity index (χ2v) is 5.79. The first kappa shape index (κ1) is 19.5. The molecule has 3 rings (SSSR count). The summed E-state index contributed by atoms with van der Waals surface area (Å²) in [5.74, 6) is -0.829. The lowest BCUT2D eigenvalue weighted by Crippen LogP contribution is -2.14. The number of hydrogen-bond donors (Lipinski definition) is 3. The van der Waals surface area contributed by atoms with E-state index in [1.807, 2.05) is 30.3 Å². The number of H-pyrrole nitrogens is 1. The fraction of sp³-hybridized carbons (Fsp3) is 0.158. The fourth-order valence-electron chi connectivity index (χ4n) is 2.71. The van der Waals surface area contributed by atoms with E-state index in [1.54, 1.807) is 19.1 Å². The maximum atomic E-state index is 12.6. The molecule has 6 nitrogen and oxygen atoms in total. The molecule has 1 aromatic heterocycles. The van der Waals surface area contributed by atoms with Crippen LogP contribution in [0.3, 0.4) is 0 Å². The average Bonchev–Trinajstić information content (AvgIpc) is 3.00. The minimum atomic E-state index is -0.531. The van der Waals surface area contributed by atoms with Crippen LogP contribution in [0.25, 0.3) is 10.8 Å². The number of hydrogen-bond acceptors (Lipinski definition) is 4. The number of nitrogens with two attached hydrogens (primary N) is 1. The van der Waals surface area contributed by atoms with Gasteiger partial charge in [0.25, 0.3) is 5.91 Å². The lowest BCUT2D eigenvalue weighted by Gasteiger charge is -2.07. The van der Waals surface area contributed by atoms with Crippen molar-refractivity contribution in [2.75, 3.05) is 12.4 Å². The molecule has 1 heterocycles. The first-order valence-corrected chi connectivity index (χ1v) is 7.84. The molecule has 0 bridgehead atoms. The molecule has 0 atom stereocenters. The standard InChI is InChI=1S/C19H19N3O3.ClH/c1-11-7-16(17(21-11)19(24)25-2)22-18(23)15-6-5-13-8-12(10-20)3-4-14(13)9-15;/h3-9,21H,10,20H2,1-2H3,(H,22,23);1H. The number of aryl methyl sites for hydroxylation is 1. The van der Waals surface area contributed by atoms with Crippen LogP contribution in [0, 0.1) is 6.92 Å². The quantitative estimate of drug-likeness (QED) is 0.610. The van der Waals surface area contributed by atoms with Crippen molar-refractivity contribution in [2.24, 2.45) is 5.73 Å². The summed E-state index contributed by atoms with van der Waals surface area (Å²) in [6.07, 6.45) is 0. The number of rotatable bonds is 4. The van der Waals surface area contributed by atoms with E-state index < -0.39 is 5.97 Å². The van der Waals surface area contributed by atoms with Gasteiger partial charge in [-0.1, -0.05) is 18.2 Å². The van der Waals surface area contributed by atoms with Gasteiger partial charge < -0.3 is 20.8 Å². The molecule has 7 heteroatoms. The van der Waals surface area contributed by atoms with Gasteiger partial charge in [-0.3, -0.25) is 4.79 Å². The van der Waals surface area contributed by atoms with Crippen LogP contribution in [-0.4, -0.2) is 24.0 Å². The predicted molar refractivity (Wildman–Crippen MR) is 104 cm³/mol. The topological polar surface area (TPSA) is 97.2 Å². The molecule has 26 heavy (non-hydrogen) atoms. The maximum absolute atomic E-state index is 12.6. The van der Waals surface area contributed by atoms with Gasteiger partial charge in [-0.2, -0.15) is 0 Å². The fourth-order valence-corrected chi connectivity index (χ4v) is 2.71. The van der Waals surface area contributed by atoms with Crippen molar-refractivity contribution in [3.05, 3.63) is 65.0 Å². The molecule has 1 amide bonds. The Hall–Kier alpha value is -2.83. The zero-order valence-corrected chi connectivity index (χ0v) is 15.3. The molecular weight excluding hydrogens is 354 g/mol. The Bertz CT molecular complexity index is 966. The number of carbonyl (C=O) groups excluding carboxylic acids is 2. The number of methoxy groups -OCH3 is 1. The van der Waals surface area contributed by atoms with E-state index in [1.165, 1.54) is 7.11 Å². The summed E-state index contributed by atoms with van der Waals surface area (Å²) in [5, 5.41) is 4.73. The van der Waals surface area contributed by atoms with Crippen molar-refractivity contribution in [1.82, 2.24) is 4.98 Å². The molecule has 0 aliphatic carbocycles.